The van der Waals surface area contributed by atoms with E-state index in [9.17, 15) is 4.79 Å². The molecular weight excluding hydrogens is 186 g/mol. The molecule has 0 aliphatic heterocycles. The smallest absolute Gasteiger partial charge is 0.339 e. The van der Waals surface area contributed by atoms with Crippen molar-refractivity contribution in [1.29, 1.82) is 0 Å². The normalized spacial score (nSPS) is 10.4. The summed E-state index contributed by atoms with van der Waals surface area (Å²) in [4.78, 5) is 10.8. The molecule has 0 atom stereocenters. The van der Waals surface area contributed by atoms with Crippen molar-refractivity contribution in [2.45, 2.75) is 0 Å². The number of fused-ring (bicyclic) bond motifs is 1. The standard InChI is InChI=1S/C9H7NO4/c1-13-8-5(9(11)12)2-3-7-6(8)4-10-14-7/h2-4H,1H3,(H,11,12). The summed E-state index contributed by atoms with van der Waals surface area (Å²) in [7, 11) is 1.41. The predicted octanol–water partition coefficient (Wildman–Crippen LogP) is 1.53. The van der Waals surface area contributed by atoms with Crippen LogP contribution in [0, 0.1) is 0 Å². The van der Waals surface area contributed by atoms with Gasteiger partial charge in [0, 0.05) is 0 Å². The number of carboxylic acid groups (broad SMARTS) is 1. The lowest BCUT2D eigenvalue weighted by Gasteiger charge is -2.03. The number of hydrogen-bond donors (Lipinski definition) is 1. The van der Waals surface area contributed by atoms with Gasteiger partial charge >= 0.3 is 5.97 Å². The van der Waals surface area contributed by atoms with Gasteiger partial charge in [0.1, 0.15) is 11.3 Å². The van der Waals surface area contributed by atoms with Gasteiger partial charge in [-0.3, -0.25) is 0 Å². The topological polar surface area (TPSA) is 72.6 Å². The molecular formula is C9H7NO4. The maximum absolute atomic E-state index is 10.8. The van der Waals surface area contributed by atoms with Crippen LogP contribution in [0.4, 0.5) is 0 Å². The minimum Gasteiger partial charge on any atom is -0.495 e. The van der Waals surface area contributed by atoms with Gasteiger partial charge in [-0.25, -0.2) is 4.79 Å². The molecule has 14 heavy (non-hydrogen) atoms. The van der Waals surface area contributed by atoms with Gasteiger partial charge in [-0.05, 0) is 12.1 Å². The summed E-state index contributed by atoms with van der Waals surface area (Å²) in [6.07, 6.45) is 1.43. The minimum absolute atomic E-state index is 0.100. The number of hydrogen-bond acceptors (Lipinski definition) is 4. The first-order chi connectivity index (χ1) is 6.74. The van der Waals surface area contributed by atoms with Crippen LogP contribution in [0.25, 0.3) is 11.0 Å². The summed E-state index contributed by atoms with van der Waals surface area (Å²) >= 11 is 0. The fourth-order valence-corrected chi connectivity index (χ4v) is 1.31. The van der Waals surface area contributed by atoms with Gasteiger partial charge in [-0.1, -0.05) is 5.16 Å². The van der Waals surface area contributed by atoms with E-state index in [1.54, 1.807) is 6.07 Å². The quantitative estimate of drug-likeness (QED) is 0.782. The largest absolute Gasteiger partial charge is 0.495 e. The first-order valence-corrected chi connectivity index (χ1v) is 3.88. The number of aromatic carboxylic acids is 1. The number of carbonyl (C=O) groups is 1. The highest BCUT2D eigenvalue weighted by Crippen LogP contribution is 2.29. The van der Waals surface area contributed by atoms with E-state index < -0.39 is 5.97 Å². The van der Waals surface area contributed by atoms with Crippen LogP contribution in [0.15, 0.2) is 22.9 Å². The van der Waals surface area contributed by atoms with Gasteiger partial charge in [-0.2, -0.15) is 0 Å². The minimum atomic E-state index is -1.04. The average molecular weight is 193 g/mol. The molecule has 0 unspecified atom stereocenters. The van der Waals surface area contributed by atoms with Gasteiger partial charge in [0.2, 0.25) is 0 Å². The molecule has 0 aliphatic rings. The van der Waals surface area contributed by atoms with Crippen LogP contribution in [0.5, 0.6) is 5.75 Å². The molecule has 1 aromatic heterocycles. The number of ether oxygens (including phenoxy) is 1. The van der Waals surface area contributed by atoms with E-state index >= 15 is 0 Å². The van der Waals surface area contributed by atoms with Crippen molar-refractivity contribution in [2.75, 3.05) is 7.11 Å². The second-order valence-corrected chi connectivity index (χ2v) is 2.69. The Hall–Kier alpha value is -2.04. The monoisotopic (exact) mass is 193 g/mol. The van der Waals surface area contributed by atoms with E-state index in [1.165, 1.54) is 19.4 Å². The van der Waals surface area contributed by atoms with Crippen LogP contribution in [0.1, 0.15) is 10.4 Å². The SMILES string of the molecule is COc1c(C(=O)O)ccc2oncc12. The summed E-state index contributed by atoms with van der Waals surface area (Å²) in [5.41, 5.74) is 0.607. The Kier molecular flexibility index (Phi) is 1.85. The fraction of sp³-hybridized carbons (Fsp3) is 0.111. The van der Waals surface area contributed by atoms with Crippen LogP contribution in [-0.2, 0) is 0 Å². The van der Waals surface area contributed by atoms with E-state index in [-0.39, 0.29) is 11.3 Å². The molecule has 0 bridgehead atoms. The summed E-state index contributed by atoms with van der Waals surface area (Å²) in [5.74, 6) is -0.763. The predicted molar refractivity (Wildman–Crippen MR) is 47.5 cm³/mol. The second-order valence-electron chi connectivity index (χ2n) is 2.69. The Labute approximate surface area is 78.9 Å². The molecule has 5 heteroatoms. The highest BCUT2D eigenvalue weighted by atomic mass is 16.5. The molecule has 0 fully saturated rings. The zero-order valence-corrected chi connectivity index (χ0v) is 7.35. The maximum Gasteiger partial charge on any atom is 0.339 e. The zero-order valence-electron chi connectivity index (χ0n) is 7.35. The molecule has 72 valence electrons. The number of carboxylic acids is 1. The zero-order chi connectivity index (χ0) is 10.1. The molecule has 0 saturated heterocycles. The molecule has 1 heterocycles. The van der Waals surface area contributed by atoms with Crippen LogP contribution in [0.3, 0.4) is 0 Å². The van der Waals surface area contributed by atoms with Crippen molar-refractivity contribution in [3.8, 4) is 5.75 Å². The van der Waals surface area contributed by atoms with Crippen molar-refractivity contribution in [3.63, 3.8) is 0 Å². The van der Waals surface area contributed by atoms with E-state index in [2.05, 4.69) is 5.16 Å². The fourth-order valence-electron chi connectivity index (χ4n) is 1.31. The molecule has 1 N–H and O–H groups in total. The van der Waals surface area contributed by atoms with Crippen molar-refractivity contribution in [2.24, 2.45) is 0 Å². The molecule has 5 nitrogen and oxygen atoms in total. The lowest BCUT2D eigenvalue weighted by atomic mass is 10.1. The highest BCUT2D eigenvalue weighted by molar-refractivity contribution is 5.98. The lowest BCUT2D eigenvalue weighted by Crippen LogP contribution is -2.00. The third-order valence-corrected chi connectivity index (χ3v) is 1.92. The van der Waals surface area contributed by atoms with Crippen LogP contribution < -0.4 is 4.74 Å². The van der Waals surface area contributed by atoms with Crippen molar-refractivity contribution in [1.82, 2.24) is 5.16 Å². The van der Waals surface area contributed by atoms with Gasteiger partial charge in [0.05, 0.1) is 18.7 Å². The molecule has 0 spiro atoms. The molecule has 1 aromatic carbocycles. The Morgan fingerprint density at radius 2 is 2.36 bits per heavy atom. The summed E-state index contributed by atoms with van der Waals surface area (Å²) in [6, 6.07) is 2.98. The molecule has 0 radical (unpaired) electrons. The van der Waals surface area contributed by atoms with Crippen molar-refractivity contribution < 1.29 is 19.2 Å². The first-order valence-electron chi connectivity index (χ1n) is 3.88. The third-order valence-electron chi connectivity index (χ3n) is 1.92. The molecule has 2 rings (SSSR count). The van der Waals surface area contributed by atoms with Gasteiger partial charge in [0.25, 0.3) is 0 Å². The van der Waals surface area contributed by atoms with Crippen LogP contribution in [0.2, 0.25) is 0 Å². The number of rotatable bonds is 2. The molecule has 2 aromatic rings. The van der Waals surface area contributed by atoms with Gasteiger partial charge in [-0.15, -0.1) is 0 Å². The number of nitrogens with zero attached hydrogens (tertiary/aromatic N) is 1. The first kappa shape index (κ1) is 8.55. The number of methoxy groups -OCH3 is 1. The molecule has 0 aliphatic carbocycles. The Balaban J connectivity index is 2.78. The number of aromatic nitrogens is 1. The van der Waals surface area contributed by atoms with E-state index in [0.717, 1.165) is 0 Å². The average Bonchev–Trinajstić information content (AvgIpc) is 2.63. The second kappa shape index (κ2) is 3.02. The van der Waals surface area contributed by atoms with Crippen LogP contribution >= 0.6 is 0 Å². The van der Waals surface area contributed by atoms with E-state index in [0.29, 0.717) is 11.0 Å². The summed E-state index contributed by atoms with van der Waals surface area (Å²) < 4.78 is 9.87. The van der Waals surface area contributed by atoms with E-state index in [4.69, 9.17) is 14.4 Å². The number of benzene rings is 1. The highest BCUT2D eigenvalue weighted by Gasteiger charge is 2.15. The van der Waals surface area contributed by atoms with Crippen LogP contribution in [-0.4, -0.2) is 23.3 Å². The maximum atomic E-state index is 10.8. The third kappa shape index (κ3) is 1.10. The van der Waals surface area contributed by atoms with E-state index in [1.807, 2.05) is 0 Å². The lowest BCUT2D eigenvalue weighted by molar-refractivity contribution is 0.0693. The van der Waals surface area contributed by atoms with Gasteiger partial charge in [0.15, 0.2) is 5.58 Å². The van der Waals surface area contributed by atoms with Crippen molar-refractivity contribution in [3.05, 3.63) is 23.9 Å². The molecule has 0 saturated carbocycles. The Bertz CT molecular complexity index is 489. The molecule has 0 amide bonds. The summed E-state index contributed by atoms with van der Waals surface area (Å²) in [5, 5.41) is 13.0. The summed E-state index contributed by atoms with van der Waals surface area (Å²) in [6.45, 7) is 0. The van der Waals surface area contributed by atoms with Crippen molar-refractivity contribution >= 4 is 16.9 Å². The van der Waals surface area contributed by atoms with Gasteiger partial charge < -0.3 is 14.4 Å². The Morgan fingerprint density at radius 1 is 1.57 bits per heavy atom. The Morgan fingerprint density at radius 3 is 3.00 bits per heavy atom.